The molecule has 29 heavy (non-hydrogen) atoms. The van der Waals surface area contributed by atoms with Crippen molar-refractivity contribution in [2.75, 3.05) is 59.4 Å². The highest BCUT2D eigenvalue weighted by Crippen LogP contribution is 2.41. The third-order valence-electron chi connectivity index (χ3n) is 6.36. The number of rotatable bonds is 7. The van der Waals surface area contributed by atoms with Gasteiger partial charge in [0, 0.05) is 38.1 Å². The predicted octanol–water partition coefficient (Wildman–Crippen LogP) is 3.31. The van der Waals surface area contributed by atoms with E-state index in [1.54, 1.807) is 0 Å². The first-order valence-electron chi connectivity index (χ1n) is 11.2. The maximum absolute atomic E-state index is 5.02. The number of guanidine groups is 1. The van der Waals surface area contributed by atoms with Crippen molar-refractivity contribution in [3.63, 3.8) is 0 Å². The summed E-state index contributed by atoms with van der Waals surface area (Å²) in [4.78, 5) is 10.0. The summed E-state index contributed by atoms with van der Waals surface area (Å²) < 4.78 is 0. The van der Waals surface area contributed by atoms with E-state index in [-0.39, 0.29) is 29.4 Å². The third kappa shape index (κ3) is 7.40. The van der Waals surface area contributed by atoms with Crippen molar-refractivity contribution in [1.82, 2.24) is 20.4 Å². The van der Waals surface area contributed by atoms with Crippen molar-refractivity contribution in [2.45, 2.75) is 44.4 Å². The zero-order valence-corrected chi connectivity index (χ0v) is 20.7. The van der Waals surface area contributed by atoms with Gasteiger partial charge in [-0.2, -0.15) is 0 Å². The molecule has 164 valence electrons. The molecule has 5 nitrogen and oxygen atoms in total. The molecule has 0 atom stereocenters. The lowest BCUT2D eigenvalue weighted by Crippen LogP contribution is -2.43. The van der Waals surface area contributed by atoms with Gasteiger partial charge in [-0.25, -0.2) is 0 Å². The lowest BCUT2D eigenvalue weighted by molar-refractivity contribution is 0.280. The molecule has 6 heteroatoms. The molecule has 1 heterocycles. The highest BCUT2D eigenvalue weighted by atomic mass is 127. The van der Waals surface area contributed by atoms with E-state index in [9.17, 15) is 0 Å². The Bertz CT molecular complexity index is 601. The van der Waals surface area contributed by atoms with E-state index in [0.29, 0.717) is 0 Å². The molecule has 0 radical (unpaired) electrons. The molecule has 0 bridgehead atoms. The van der Waals surface area contributed by atoms with Crippen LogP contribution in [-0.2, 0) is 5.41 Å². The molecule has 0 amide bonds. The van der Waals surface area contributed by atoms with Crippen LogP contribution >= 0.6 is 24.0 Å². The summed E-state index contributed by atoms with van der Waals surface area (Å²) in [5, 5.41) is 7.02. The Hall–Kier alpha value is -0.860. The average molecular weight is 514 g/mol. The molecule has 2 fully saturated rings. The van der Waals surface area contributed by atoms with Crippen molar-refractivity contribution < 1.29 is 0 Å². The smallest absolute Gasteiger partial charge is 0.191 e. The second kappa shape index (κ2) is 12.7. The number of nitrogens with zero attached hydrogens (tertiary/aromatic N) is 3. The van der Waals surface area contributed by atoms with E-state index in [0.717, 1.165) is 32.1 Å². The summed E-state index contributed by atoms with van der Waals surface area (Å²) in [5.74, 6) is 0.969. The van der Waals surface area contributed by atoms with Crippen LogP contribution in [0.3, 0.4) is 0 Å². The third-order valence-corrected chi connectivity index (χ3v) is 6.36. The maximum atomic E-state index is 5.02. The number of hydrogen-bond acceptors (Lipinski definition) is 3. The molecule has 1 saturated carbocycles. The summed E-state index contributed by atoms with van der Waals surface area (Å²) in [6.45, 7) is 10.7. The molecule has 0 unspecified atom stereocenters. The lowest BCUT2D eigenvalue weighted by atomic mass is 9.79. The Labute approximate surface area is 194 Å². The molecule has 0 aromatic heterocycles. The normalized spacial score (nSPS) is 20.7. The Morgan fingerprint density at radius 3 is 2.48 bits per heavy atom. The first-order chi connectivity index (χ1) is 13.7. The van der Waals surface area contributed by atoms with Crippen LogP contribution in [0.4, 0.5) is 0 Å². The van der Waals surface area contributed by atoms with Gasteiger partial charge in [0.2, 0.25) is 0 Å². The van der Waals surface area contributed by atoms with Crippen molar-refractivity contribution in [3.05, 3.63) is 35.9 Å². The molecular weight excluding hydrogens is 473 g/mol. The van der Waals surface area contributed by atoms with E-state index in [1.165, 1.54) is 63.8 Å². The Balaban J connectivity index is 0.00000300. The molecule has 1 saturated heterocycles. The fourth-order valence-electron chi connectivity index (χ4n) is 4.61. The fraction of sp³-hybridized carbons (Fsp3) is 0.696. The van der Waals surface area contributed by atoms with Gasteiger partial charge in [0.25, 0.3) is 0 Å². The number of nitrogens with one attached hydrogen (secondary N) is 2. The standard InChI is InChI=1S/C23H39N5.HI/c1-3-24-22(25-14-17-28-16-9-15-27(2)18-19-28)26-20-23(12-7-8-13-23)21-10-5-4-6-11-21;/h4-6,10-11H,3,7-9,12-20H2,1-2H3,(H2,24,25,26);1H. The van der Waals surface area contributed by atoms with Crippen molar-refractivity contribution in [1.29, 1.82) is 0 Å². The molecule has 2 aliphatic rings. The van der Waals surface area contributed by atoms with Crippen LogP contribution in [0.1, 0.15) is 44.6 Å². The predicted molar refractivity (Wildman–Crippen MR) is 135 cm³/mol. The lowest BCUT2D eigenvalue weighted by Gasteiger charge is -2.28. The topological polar surface area (TPSA) is 42.9 Å². The van der Waals surface area contributed by atoms with E-state index in [2.05, 4.69) is 64.7 Å². The maximum Gasteiger partial charge on any atom is 0.191 e. The molecule has 3 rings (SSSR count). The monoisotopic (exact) mass is 513 g/mol. The van der Waals surface area contributed by atoms with Crippen LogP contribution < -0.4 is 10.6 Å². The van der Waals surface area contributed by atoms with E-state index >= 15 is 0 Å². The second-order valence-corrected chi connectivity index (χ2v) is 8.47. The van der Waals surface area contributed by atoms with Crippen molar-refractivity contribution in [3.8, 4) is 0 Å². The van der Waals surface area contributed by atoms with Gasteiger partial charge in [-0.1, -0.05) is 43.2 Å². The molecule has 1 aliphatic heterocycles. The number of halogens is 1. The highest BCUT2D eigenvalue weighted by Gasteiger charge is 2.35. The summed E-state index contributed by atoms with van der Waals surface area (Å²) in [6, 6.07) is 11.0. The van der Waals surface area contributed by atoms with Crippen LogP contribution in [0.2, 0.25) is 0 Å². The van der Waals surface area contributed by atoms with Crippen molar-refractivity contribution >= 4 is 29.9 Å². The number of benzene rings is 1. The van der Waals surface area contributed by atoms with Gasteiger partial charge in [0.15, 0.2) is 5.96 Å². The summed E-state index contributed by atoms with van der Waals surface area (Å²) >= 11 is 0. The van der Waals surface area contributed by atoms with Gasteiger partial charge in [0.1, 0.15) is 0 Å². The minimum atomic E-state index is 0. The Kier molecular flexibility index (Phi) is 10.7. The molecule has 1 aromatic rings. The van der Waals surface area contributed by atoms with E-state index in [4.69, 9.17) is 4.99 Å². The van der Waals surface area contributed by atoms with Crippen LogP contribution in [0, 0.1) is 0 Å². The van der Waals surface area contributed by atoms with Crippen LogP contribution in [-0.4, -0.2) is 75.2 Å². The minimum absolute atomic E-state index is 0. The zero-order valence-electron chi connectivity index (χ0n) is 18.3. The minimum Gasteiger partial charge on any atom is -0.357 e. The number of aliphatic imine (C=N–C) groups is 1. The fourth-order valence-corrected chi connectivity index (χ4v) is 4.61. The summed E-state index contributed by atoms with van der Waals surface area (Å²) in [5.41, 5.74) is 1.68. The van der Waals surface area contributed by atoms with Crippen LogP contribution in [0.5, 0.6) is 0 Å². The van der Waals surface area contributed by atoms with Crippen molar-refractivity contribution in [2.24, 2.45) is 4.99 Å². The van der Waals surface area contributed by atoms with Gasteiger partial charge in [-0.15, -0.1) is 24.0 Å². The van der Waals surface area contributed by atoms with Gasteiger partial charge < -0.3 is 20.4 Å². The highest BCUT2D eigenvalue weighted by molar-refractivity contribution is 14.0. The number of likely N-dealkylation sites (N-methyl/N-ethyl adjacent to an activating group) is 1. The Morgan fingerprint density at radius 1 is 1.00 bits per heavy atom. The van der Waals surface area contributed by atoms with Gasteiger partial charge in [0.05, 0.1) is 6.54 Å². The second-order valence-electron chi connectivity index (χ2n) is 8.47. The molecule has 1 aliphatic carbocycles. The SMILES string of the molecule is CCNC(=NCC1(c2ccccc2)CCCC1)NCCN1CCCN(C)CC1.I. The number of hydrogen-bond donors (Lipinski definition) is 2. The largest absolute Gasteiger partial charge is 0.357 e. The van der Waals surface area contributed by atoms with Crippen LogP contribution in [0.15, 0.2) is 35.3 Å². The first-order valence-corrected chi connectivity index (χ1v) is 11.2. The molecule has 1 aromatic carbocycles. The first kappa shape index (κ1) is 24.4. The summed E-state index contributed by atoms with van der Waals surface area (Å²) in [6.07, 6.45) is 6.41. The molecule has 2 N–H and O–H groups in total. The van der Waals surface area contributed by atoms with Gasteiger partial charge in [-0.05, 0) is 51.9 Å². The molecular formula is C23H40IN5. The van der Waals surface area contributed by atoms with Crippen LogP contribution in [0.25, 0.3) is 0 Å². The van der Waals surface area contributed by atoms with E-state index < -0.39 is 0 Å². The zero-order chi connectivity index (χ0) is 19.7. The quantitative estimate of drug-likeness (QED) is 0.334. The molecule has 0 spiro atoms. The Morgan fingerprint density at radius 2 is 1.76 bits per heavy atom. The summed E-state index contributed by atoms with van der Waals surface area (Å²) in [7, 11) is 2.23. The van der Waals surface area contributed by atoms with E-state index in [1.807, 2.05) is 0 Å². The van der Waals surface area contributed by atoms with Gasteiger partial charge >= 0.3 is 0 Å². The van der Waals surface area contributed by atoms with Gasteiger partial charge in [-0.3, -0.25) is 4.99 Å². The average Bonchev–Trinajstić information content (AvgIpc) is 3.11.